The number of carboxylic acids is 1. The highest BCUT2D eigenvalue weighted by Gasteiger charge is 2.19. The van der Waals surface area contributed by atoms with Gasteiger partial charge in [0.2, 0.25) is 0 Å². The van der Waals surface area contributed by atoms with Crippen LogP contribution in [-0.2, 0) is 0 Å². The molecule has 0 aliphatic rings. The number of hydrogen-bond donors (Lipinski definition) is 1. The Hall–Kier alpha value is -2.77. The first-order valence-corrected chi connectivity index (χ1v) is 4.14. The third kappa shape index (κ3) is 2.43. The summed E-state index contributed by atoms with van der Waals surface area (Å²) in [6, 6.07) is 2.71. The van der Waals surface area contributed by atoms with Crippen LogP contribution in [0.5, 0.6) is 0 Å². The molecular formula is C9H4N2O6. The molecule has 8 heteroatoms. The number of hydrogen-bond acceptors (Lipinski definition) is 5. The van der Waals surface area contributed by atoms with E-state index in [9.17, 15) is 24.2 Å². The van der Waals surface area contributed by atoms with Gasteiger partial charge < -0.3 is 5.11 Å². The van der Waals surface area contributed by atoms with Gasteiger partial charge in [-0.05, 0) is 18.2 Å². The maximum Gasteiger partial charge on any atom is 0.336 e. The molecule has 0 bridgehead atoms. The Balaban J connectivity index is 3.41. The second kappa shape index (κ2) is 4.84. The normalized spacial score (nSPS) is 9.41. The van der Waals surface area contributed by atoms with Crippen molar-refractivity contribution in [1.29, 1.82) is 0 Å². The van der Waals surface area contributed by atoms with Crippen molar-refractivity contribution in [3.63, 3.8) is 0 Å². The number of carboxylic acid groups (broad SMARTS) is 1. The van der Waals surface area contributed by atoms with Gasteiger partial charge in [0.05, 0.1) is 11.1 Å². The SMILES string of the molecule is O=NC(=O)c1ccc(C(=O)N=O)c(C(=O)O)c1. The van der Waals surface area contributed by atoms with Gasteiger partial charge in [0, 0.05) is 15.9 Å². The monoisotopic (exact) mass is 236 g/mol. The molecule has 86 valence electrons. The maximum absolute atomic E-state index is 11.0. The number of amides is 2. The van der Waals surface area contributed by atoms with Crippen LogP contribution in [0.1, 0.15) is 31.1 Å². The van der Waals surface area contributed by atoms with Gasteiger partial charge in [0.1, 0.15) is 0 Å². The molecule has 0 spiro atoms. The Bertz CT molecular complexity index is 536. The number of carbonyl (C=O) groups excluding carboxylic acids is 2. The molecule has 0 radical (unpaired) electrons. The highest BCUT2D eigenvalue weighted by Crippen LogP contribution is 2.14. The predicted molar refractivity (Wildman–Crippen MR) is 53.7 cm³/mol. The topological polar surface area (TPSA) is 130 Å². The molecule has 1 aromatic carbocycles. The van der Waals surface area contributed by atoms with Crippen molar-refractivity contribution in [1.82, 2.24) is 0 Å². The van der Waals surface area contributed by atoms with E-state index < -0.39 is 28.9 Å². The van der Waals surface area contributed by atoms with Crippen molar-refractivity contribution in [3.05, 3.63) is 44.7 Å². The van der Waals surface area contributed by atoms with Gasteiger partial charge in [0.25, 0.3) is 0 Å². The van der Waals surface area contributed by atoms with Crippen molar-refractivity contribution < 1.29 is 19.5 Å². The molecule has 2 amide bonds. The summed E-state index contributed by atoms with van der Waals surface area (Å²) in [5.41, 5.74) is -1.35. The molecule has 0 aromatic heterocycles. The number of nitroso groups, excluding NO2 is 2. The number of carbonyl (C=O) groups is 3. The van der Waals surface area contributed by atoms with Crippen molar-refractivity contribution in [2.24, 2.45) is 10.4 Å². The summed E-state index contributed by atoms with van der Waals surface area (Å²) in [6.45, 7) is 0. The van der Waals surface area contributed by atoms with E-state index >= 15 is 0 Å². The van der Waals surface area contributed by atoms with Gasteiger partial charge in [-0.1, -0.05) is 0 Å². The lowest BCUT2D eigenvalue weighted by Gasteiger charge is -2.01. The first-order valence-electron chi connectivity index (χ1n) is 4.14. The smallest absolute Gasteiger partial charge is 0.336 e. The van der Waals surface area contributed by atoms with Crippen molar-refractivity contribution in [2.45, 2.75) is 0 Å². The molecular weight excluding hydrogens is 232 g/mol. The summed E-state index contributed by atoms with van der Waals surface area (Å²) in [5, 5.41) is 12.9. The number of rotatable bonds is 3. The minimum absolute atomic E-state index is 0.292. The lowest BCUT2D eigenvalue weighted by Crippen LogP contribution is -2.08. The fraction of sp³-hybridized carbons (Fsp3) is 0. The summed E-state index contributed by atoms with van der Waals surface area (Å²) < 4.78 is 0. The van der Waals surface area contributed by atoms with Gasteiger partial charge in [-0.2, -0.15) is 0 Å². The molecule has 1 N–H and O–H groups in total. The van der Waals surface area contributed by atoms with Crippen LogP contribution in [0, 0.1) is 9.81 Å². The molecule has 8 nitrogen and oxygen atoms in total. The first kappa shape index (κ1) is 12.3. The average molecular weight is 236 g/mol. The molecule has 0 heterocycles. The molecule has 0 aliphatic heterocycles. The van der Waals surface area contributed by atoms with E-state index in [2.05, 4.69) is 10.4 Å². The van der Waals surface area contributed by atoms with Crippen LogP contribution in [0.2, 0.25) is 0 Å². The van der Waals surface area contributed by atoms with Crippen molar-refractivity contribution >= 4 is 17.8 Å². The minimum atomic E-state index is -1.53. The van der Waals surface area contributed by atoms with Gasteiger partial charge >= 0.3 is 17.8 Å². The van der Waals surface area contributed by atoms with Gasteiger partial charge in [0.15, 0.2) is 0 Å². The standard InChI is InChI=1S/C9H4N2O6/c12-7(10-16)4-1-2-5(8(13)11-17)6(3-4)9(14)15/h1-3H,(H,14,15). The fourth-order valence-corrected chi connectivity index (χ4v) is 1.14. The molecule has 0 aliphatic carbocycles. The zero-order chi connectivity index (χ0) is 13.0. The van der Waals surface area contributed by atoms with E-state index in [-0.39, 0.29) is 5.56 Å². The van der Waals surface area contributed by atoms with Crippen LogP contribution >= 0.6 is 0 Å². The number of nitrogens with zero attached hydrogens (tertiary/aromatic N) is 2. The molecule has 0 fully saturated rings. The predicted octanol–water partition coefficient (Wildman–Crippen LogP) is 1.20. The molecule has 0 atom stereocenters. The van der Waals surface area contributed by atoms with Crippen LogP contribution in [0.15, 0.2) is 28.6 Å². The molecule has 0 saturated heterocycles. The highest BCUT2D eigenvalue weighted by molar-refractivity contribution is 6.07. The van der Waals surface area contributed by atoms with Crippen LogP contribution in [-0.4, -0.2) is 22.9 Å². The summed E-state index contributed by atoms with van der Waals surface area (Å²) in [5.74, 6) is -3.98. The Labute approximate surface area is 93.2 Å². The van der Waals surface area contributed by atoms with Gasteiger partial charge in [-0.3, -0.25) is 9.59 Å². The fourth-order valence-electron chi connectivity index (χ4n) is 1.14. The summed E-state index contributed by atoms with van der Waals surface area (Å²) in [4.78, 5) is 52.7. The highest BCUT2D eigenvalue weighted by atomic mass is 16.4. The number of benzene rings is 1. The van der Waals surface area contributed by atoms with E-state index in [1.165, 1.54) is 0 Å². The van der Waals surface area contributed by atoms with Crippen LogP contribution < -0.4 is 0 Å². The second-order valence-electron chi connectivity index (χ2n) is 2.86. The van der Waals surface area contributed by atoms with Crippen LogP contribution in [0.4, 0.5) is 0 Å². The van der Waals surface area contributed by atoms with Gasteiger partial charge in [-0.15, -0.1) is 9.81 Å². The Morgan fingerprint density at radius 3 is 2.00 bits per heavy atom. The van der Waals surface area contributed by atoms with E-state index in [1.807, 2.05) is 0 Å². The lowest BCUT2D eigenvalue weighted by molar-refractivity contribution is 0.0692. The summed E-state index contributed by atoms with van der Waals surface area (Å²) >= 11 is 0. The third-order valence-electron chi connectivity index (χ3n) is 1.89. The molecule has 1 rings (SSSR count). The van der Waals surface area contributed by atoms with E-state index in [0.717, 1.165) is 18.2 Å². The Kier molecular flexibility index (Phi) is 3.50. The third-order valence-corrected chi connectivity index (χ3v) is 1.89. The maximum atomic E-state index is 11.0. The number of aromatic carboxylic acids is 1. The van der Waals surface area contributed by atoms with Crippen LogP contribution in [0.3, 0.4) is 0 Å². The van der Waals surface area contributed by atoms with Gasteiger partial charge in [-0.25, -0.2) is 4.79 Å². The zero-order valence-corrected chi connectivity index (χ0v) is 8.11. The quantitative estimate of drug-likeness (QED) is 0.784. The van der Waals surface area contributed by atoms with Crippen molar-refractivity contribution in [3.8, 4) is 0 Å². The lowest BCUT2D eigenvalue weighted by atomic mass is 10.0. The average Bonchev–Trinajstić information content (AvgIpc) is 2.35. The van der Waals surface area contributed by atoms with E-state index in [4.69, 9.17) is 5.11 Å². The Morgan fingerprint density at radius 1 is 0.941 bits per heavy atom. The molecule has 17 heavy (non-hydrogen) atoms. The van der Waals surface area contributed by atoms with Crippen LogP contribution in [0.25, 0.3) is 0 Å². The van der Waals surface area contributed by atoms with E-state index in [1.54, 1.807) is 0 Å². The minimum Gasteiger partial charge on any atom is -0.478 e. The van der Waals surface area contributed by atoms with Crippen molar-refractivity contribution in [2.75, 3.05) is 0 Å². The molecule has 1 aromatic rings. The Morgan fingerprint density at radius 2 is 1.53 bits per heavy atom. The summed E-state index contributed by atoms with van der Waals surface area (Å²) in [6.07, 6.45) is 0. The first-order chi connectivity index (χ1) is 8.01. The van der Waals surface area contributed by atoms with E-state index in [0.29, 0.717) is 0 Å². The molecule has 0 unspecified atom stereocenters. The second-order valence-corrected chi connectivity index (χ2v) is 2.86. The summed E-state index contributed by atoms with van der Waals surface area (Å²) in [7, 11) is 0. The largest absolute Gasteiger partial charge is 0.478 e. The molecule has 0 saturated carbocycles. The zero-order valence-electron chi connectivity index (χ0n) is 8.11.